The van der Waals surface area contributed by atoms with Crippen molar-refractivity contribution in [2.75, 3.05) is 17.7 Å². The van der Waals surface area contributed by atoms with Gasteiger partial charge >= 0.3 is 0 Å². The van der Waals surface area contributed by atoms with Crippen LogP contribution in [0.4, 0.5) is 17.1 Å². The van der Waals surface area contributed by atoms with E-state index in [0.717, 1.165) is 52.5 Å². The monoisotopic (exact) mass is 816 g/mol. The van der Waals surface area contributed by atoms with Gasteiger partial charge in [0, 0.05) is 64.0 Å². The molecular formula is C35H41BrN6O6S3. The van der Waals surface area contributed by atoms with Crippen molar-refractivity contribution >= 4 is 78.7 Å². The van der Waals surface area contributed by atoms with E-state index in [-0.39, 0.29) is 29.1 Å². The fraction of sp³-hybridized carbons (Fsp3) is 0.257. The minimum Gasteiger partial charge on any atom is -0.399 e. The van der Waals surface area contributed by atoms with Crippen molar-refractivity contribution in [3.05, 3.63) is 119 Å². The second-order valence-corrected chi connectivity index (χ2v) is 12.9. The molecule has 0 bridgehead atoms. The number of carbonyl (C=O) groups is 1. The van der Waals surface area contributed by atoms with E-state index >= 15 is 0 Å². The van der Waals surface area contributed by atoms with E-state index in [4.69, 9.17) is 16.6 Å². The molecule has 5 rings (SSSR count). The molecule has 272 valence electrons. The number of aryl methyl sites for hydroxylation is 2. The highest BCUT2D eigenvalue weighted by molar-refractivity contribution is 9.09. The summed E-state index contributed by atoms with van der Waals surface area (Å²) in [4.78, 5) is 40.5. The maximum Gasteiger partial charge on any atom is 0.269 e. The van der Waals surface area contributed by atoms with Gasteiger partial charge in [-0.1, -0.05) is 61.1 Å². The molecule has 5 N–H and O–H groups in total. The maximum absolute atomic E-state index is 11.1. The molecule has 0 radical (unpaired) electrons. The number of aromatic nitrogens is 2. The van der Waals surface area contributed by atoms with E-state index in [1.54, 1.807) is 41.7 Å². The summed E-state index contributed by atoms with van der Waals surface area (Å²) in [5.41, 5.74) is 16.0. The van der Waals surface area contributed by atoms with Crippen LogP contribution in [-0.2, 0) is 12.8 Å². The van der Waals surface area contributed by atoms with Gasteiger partial charge in [0.05, 0.1) is 41.6 Å². The number of benzene rings is 3. The number of nitrogen functional groups attached to an aromatic ring is 1. The van der Waals surface area contributed by atoms with Crippen molar-refractivity contribution in [2.24, 2.45) is 5.73 Å². The molecule has 5 aromatic rings. The molecule has 0 aliphatic heterocycles. The quantitative estimate of drug-likeness (QED) is 0.0320. The zero-order valence-electron chi connectivity index (χ0n) is 28.7. The molecule has 51 heavy (non-hydrogen) atoms. The summed E-state index contributed by atoms with van der Waals surface area (Å²) in [5, 5.41) is 34.9. The van der Waals surface area contributed by atoms with Gasteiger partial charge in [-0.05, 0) is 62.6 Å². The molecule has 2 aromatic heterocycles. The number of aliphatic hydroxyl groups is 1. The molecule has 16 heteroatoms. The Morgan fingerprint density at radius 2 is 1.14 bits per heavy atom. The first-order valence-electron chi connectivity index (χ1n) is 15.6. The fourth-order valence-corrected chi connectivity index (χ4v) is 5.30. The van der Waals surface area contributed by atoms with Crippen LogP contribution in [0.15, 0.2) is 83.6 Å². The normalized spacial score (nSPS) is 9.61. The Hall–Kier alpha value is -4.48. The van der Waals surface area contributed by atoms with Crippen molar-refractivity contribution < 1.29 is 19.7 Å². The highest BCUT2D eigenvalue weighted by Crippen LogP contribution is 2.25. The van der Waals surface area contributed by atoms with Crippen LogP contribution in [0.1, 0.15) is 54.5 Å². The van der Waals surface area contributed by atoms with Crippen molar-refractivity contribution in [1.82, 2.24) is 9.97 Å². The minimum atomic E-state index is -0.498. The minimum absolute atomic E-state index is 0.00822. The van der Waals surface area contributed by atoms with Crippen LogP contribution in [0.2, 0.25) is 0 Å². The Balaban J connectivity index is 0.000000347. The summed E-state index contributed by atoms with van der Waals surface area (Å²) in [5.74, 6) is -0.0881. The SMILES string of the molecule is CCC(N)=S.CCO.CCc1nc(-c2ccc(N)cc2)cs1.CCc1nc(-c2ccc([N+](=O)[O-])cc2)cs1.O=C(CBr)c1ccc([N+](=O)[O-])cc1. The number of alkyl halides is 1. The number of nitro groups is 2. The number of thiazole rings is 2. The number of hydrogen-bond donors (Lipinski definition) is 3. The summed E-state index contributed by atoms with van der Waals surface area (Å²) in [6.07, 6.45) is 2.73. The molecule has 0 aliphatic rings. The second kappa shape index (κ2) is 24.6. The number of rotatable bonds is 9. The van der Waals surface area contributed by atoms with Gasteiger partial charge in [-0.2, -0.15) is 0 Å². The van der Waals surface area contributed by atoms with E-state index < -0.39 is 9.85 Å². The summed E-state index contributed by atoms with van der Waals surface area (Å²) in [6, 6.07) is 19.8. The number of carbonyl (C=O) groups excluding carboxylic acids is 1. The molecule has 0 amide bonds. The van der Waals surface area contributed by atoms with Gasteiger partial charge in [0.1, 0.15) is 0 Å². The number of hydrogen-bond acceptors (Lipinski definition) is 12. The Morgan fingerprint density at radius 1 is 0.784 bits per heavy atom. The van der Waals surface area contributed by atoms with Crippen LogP contribution in [0.5, 0.6) is 0 Å². The molecule has 12 nitrogen and oxygen atoms in total. The first kappa shape index (κ1) is 44.5. The molecule has 0 fully saturated rings. The third kappa shape index (κ3) is 16.9. The predicted octanol–water partition coefficient (Wildman–Crippen LogP) is 9.09. The van der Waals surface area contributed by atoms with Crippen LogP contribution in [0.3, 0.4) is 0 Å². The first-order valence-corrected chi connectivity index (χ1v) is 18.8. The smallest absolute Gasteiger partial charge is 0.269 e. The summed E-state index contributed by atoms with van der Waals surface area (Å²) >= 11 is 10.8. The molecule has 0 saturated carbocycles. The third-order valence-electron chi connectivity index (χ3n) is 6.16. The number of nitrogens with zero attached hydrogens (tertiary/aromatic N) is 4. The summed E-state index contributed by atoms with van der Waals surface area (Å²) < 4.78 is 0. The van der Waals surface area contributed by atoms with Crippen LogP contribution in [0.25, 0.3) is 22.5 Å². The molecule has 2 heterocycles. The Morgan fingerprint density at radius 3 is 1.43 bits per heavy atom. The number of anilines is 1. The molecular weight excluding hydrogens is 777 g/mol. The Labute approximate surface area is 319 Å². The van der Waals surface area contributed by atoms with Crippen molar-refractivity contribution in [3.8, 4) is 22.5 Å². The number of non-ortho nitro benzene ring substituents is 2. The topological polar surface area (TPSA) is 201 Å². The number of ketones is 1. The highest BCUT2D eigenvalue weighted by atomic mass is 79.9. The van der Waals surface area contributed by atoms with Gasteiger partial charge in [-0.25, -0.2) is 9.97 Å². The average Bonchev–Trinajstić information content (AvgIpc) is 3.83. The van der Waals surface area contributed by atoms with E-state index in [2.05, 4.69) is 57.3 Å². The largest absolute Gasteiger partial charge is 0.399 e. The Bertz CT molecular complexity index is 1800. The van der Waals surface area contributed by atoms with Crippen molar-refractivity contribution in [1.29, 1.82) is 0 Å². The van der Waals surface area contributed by atoms with Gasteiger partial charge in [-0.15, -0.1) is 22.7 Å². The summed E-state index contributed by atoms with van der Waals surface area (Å²) in [6.45, 7) is 8.03. The van der Waals surface area contributed by atoms with Crippen molar-refractivity contribution in [2.45, 2.75) is 47.0 Å². The lowest BCUT2D eigenvalue weighted by Crippen LogP contribution is -2.03. The van der Waals surface area contributed by atoms with Crippen molar-refractivity contribution in [3.63, 3.8) is 0 Å². The molecule has 0 saturated heterocycles. The highest BCUT2D eigenvalue weighted by Gasteiger charge is 2.09. The number of nitro benzene ring substituents is 2. The lowest BCUT2D eigenvalue weighted by atomic mass is 10.1. The van der Waals surface area contributed by atoms with Gasteiger partial charge in [-0.3, -0.25) is 25.0 Å². The number of aliphatic hydroxyl groups excluding tert-OH is 1. The number of thiocarbonyl (C=S) groups is 1. The number of halogens is 1. The molecule has 0 spiro atoms. The van der Waals surface area contributed by atoms with Gasteiger partial charge in [0.2, 0.25) is 0 Å². The van der Waals surface area contributed by atoms with Crippen LogP contribution < -0.4 is 11.5 Å². The molecule has 0 unspecified atom stereocenters. The molecule has 0 atom stereocenters. The zero-order chi connectivity index (χ0) is 38.3. The standard InChI is InChI=1S/C11H10N2O2S.C11H12N2S.C8H6BrNO3.C3H7NS.C2H6O/c1-2-11-12-10(7-16-11)8-3-5-9(6-4-8)13(14)15;1-2-11-13-10(7-14-11)8-3-5-9(12)6-4-8;9-5-8(11)6-1-3-7(4-2-6)10(12)13;1-2-3(4)5;1-2-3/h3-7H,2H2,1H3;3-7H,2,12H2,1H3;1-4H,5H2;2H2,1H3,(H2,4,5);3H,2H2,1H3. The summed E-state index contributed by atoms with van der Waals surface area (Å²) in [7, 11) is 0. The average molecular weight is 818 g/mol. The lowest BCUT2D eigenvalue weighted by Gasteiger charge is -1.96. The van der Waals surface area contributed by atoms with Gasteiger partial charge < -0.3 is 16.6 Å². The maximum atomic E-state index is 11.1. The van der Waals surface area contributed by atoms with E-state index in [9.17, 15) is 25.0 Å². The van der Waals surface area contributed by atoms with E-state index in [1.165, 1.54) is 41.4 Å². The predicted molar refractivity (Wildman–Crippen MR) is 216 cm³/mol. The number of Topliss-reactive ketones (excluding diaryl/α,β-unsaturated/α-hetero) is 1. The van der Waals surface area contributed by atoms with Gasteiger partial charge in [0.25, 0.3) is 11.4 Å². The van der Waals surface area contributed by atoms with Crippen LogP contribution >= 0.6 is 50.8 Å². The fourth-order valence-electron chi connectivity index (χ4n) is 3.47. The Kier molecular flexibility index (Phi) is 21.5. The molecule has 0 aliphatic carbocycles. The zero-order valence-corrected chi connectivity index (χ0v) is 32.7. The van der Waals surface area contributed by atoms with Crippen LogP contribution in [-0.4, -0.2) is 47.6 Å². The first-order chi connectivity index (χ1) is 24.3. The second-order valence-electron chi connectivity index (χ2n) is 9.88. The van der Waals surface area contributed by atoms with E-state index in [1.807, 2.05) is 36.6 Å². The molecule has 3 aromatic carbocycles. The van der Waals surface area contributed by atoms with Crippen LogP contribution in [0, 0.1) is 20.2 Å². The third-order valence-corrected chi connectivity index (χ3v) is 8.94. The number of nitrogens with two attached hydrogens (primary N) is 2. The lowest BCUT2D eigenvalue weighted by molar-refractivity contribution is -0.385. The van der Waals surface area contributed by atoms with E-state index in [0.29, 0.717) is 10.6 Å². The van der Waals surface area contributed by atoms with Gasteiger partial charge in [0.15, 0.2) is 5.78 Å².